The molecule has 12 heteroatoms. The lowest BCUT2D eigenvalue weighted by atomic mass is 10.0. The van der Waals surface area contributed by atoms with Gasteiger partial charge in [-0.25, -0.2) is 4.57 Å². The molecule has 0 amide bonds. The zero-order valence-electron chi connectivity index (χ0n) is 48.3. The summed E-state index contributed by atoms with van der Waals surface area (Å²) in [4.78, 5) is 48.6. The molecule has 0 spiro atoms. The molecule has 0 aliphatic carbocycles. The standard InChI is InChI=1S/C62H117O11P/c1-4-7-10-13-16-19-22-25-28-29-32-35-38-41-44-47-50-53-62(66)73-59(55-69-60(64)51-48-45-42-39-36-33-30-26-23-20-17-14-11-8-5-2)57-71-74(67,68)70-56-58(54-63)72-61(65)52-49-46-43-40-37-34-31-27-24-21-18-15-12-9-6-3/h17,20,26,30,58-59,63H,4-16,18-19,21-25,27-29,31-57H2,1-3H3,(H,67,68)/b20-17-,30-26-. The number of unbranched alkanes of at least 4 members (excludes halogenated alkanes) is 38. The van der Waals surface area contributed by atoms with Crippen LogP contribution in [0, 0.1) is 0 Å². The van der Waals surface area contributed by atoms with Crippen LogP contribution in [0.1, 0.15) is 316 Å². The largest absolute Gasteiger partial charge is 0.472 e. The molecule has 0 aromatic rings. The first-order valence-electron chi connectivity index (χ1n) is 31.2. The Kier molecular flexibility index (Phi) is 55.6. The molecule has 74 heavy (non-hydrogen) atoms. The number of allylic oxidation sites excluding steroid dienone is 4. The topological polar surface area (TPSA) is 155 Å². The molecule has 436 valence electrons. The summed E-state index contributed by atoms with van der Waals surface area (Å²) in [7, 11) is -4.74. The molecule has 3 atom stereocenters. The average molecular weight is 1070 g/mol. The molecule has 0 radical (unpaired) electrons. The maximum absolute atomic E-state index is 12.9. The third-order valence-corrected chi connectivity index (χ3v) is 14.8. The van der Waals surface area contributed by atoms with E-state index in [0.29, 0.717) is 19.3 Å². The van der Waals surface area contributed by atoms with E-state index in [1.165, 1.54) is 173 Å². The molecule has 0 fully saturated rings. The van der Waals surface area contributed by atoms with Crippen LogP contribution in [0.25, 0.3) is 0 Å². The molecule has 3 unspecified atom stereocenters. The van der Waals surface area contributed by atoms with Crippen LogP contribution in [0.3, 0.4) is 0 Å². The fourth-order valence-electron chi connectivity index (χ4n) is 9.10. The van der Waals surface area contributed by atoms with Crippen molar-refractivity contribution in [3.63, 3.8) is 0 Å². The Bertz CT molecular complexity index is 1340. The van der Waals surface area contributed by atoms with Crippen molar-refractivity contribution in [1.29, 1.82) is 0 Å². The number of carbonyl (C=O) groups is 3. The third-order valence-electron chi connectivity index (χ3n) is 13.9. The normalized spacial score (nSPS) is 13.4. The monoisotopic (exact) mass is 1070 g/mol. The second-order valence-electron chi connectivity index (χ2n) is 21.2. The lowest BCUT2D eigenvalue weighted by Gasteiger charge is -2.21. The zero-order valence-corrected chi connectivity index (χ0v) is 49.2. The van der Waals surface area contributed by atoms with Gasteiger partial charge in [-0.15, -0.1) is 0 Å². The Morgan fingerprint density at radius 3 is 1.03 bits per heavy atom. The van der Waals surface area contributed by atoms with Gasteiger partial charge in [-0.3, -0.25) is 23.4 Å². The van der Waals surface area contributed by atoms with Crippen molar-refractivity contribution in [1.82, 2.24) is 0 Å². The molecule has 0 aromatic heterocycles. The highest BCUT2D eigenvalue weighted by molar-refractivity contribution is 7.47. The fourth-order valence-corrected chi connectivity index (χ4v) is 9.88. The van der Waals surface area contributed by atoms with E-state index in [4.69, 9.17) is 23.3 Å². The summed E-state index contributed by atoms with van der Waals surface area (Å²) in [6, 6.07) is 0. The summed E-state index contributed by atoms with van der Waals surface area (Å²) in [5.41, 5.74) is 0. The minimum atomic E-state index is -4.74. The van der Waals surface area contributed by atoms with E-state index in [-0.39, 0.29) is 25.9 Å². The predicted molar refractivity (Wildman–Crippen MR) is 307 cm³/mol. The van der Waals surface area contributed by atoms with Gasteiger partial charge >= 0.3 is 25.7 Å². The quantitative estimate of drug-likeness (QED) is 0.0197. The van der Waals surface area contributed by atoms with Crippen molar-refractivity contribution in [2.45, 2.75) is 328 Å². The van der Waals surface area contributed by atoms with E-state index >= 15 is 0 Å². The van der Waals surface area contributed by atoms with E-state index in [0.717, 1.165) is 83.5 Å². The molecule has 11 nitrogen and oxygen atoms in total. The Labute approximate surface area is 455 Å². The second-order valence-corrected chi connectivity index (χ2v) is 22.7. The van der Waals surface area contributed by atoms with Crippen molar-refractivity contribution < 1.29 is 52.2 Å². The van der Waals surface area contributed by atoms with E-state index in [1.807, 2.05) is 0 Å². The number of hydrogen-bond acceptors (Lipinski definition) is 10. The van der Waals surface area contributed by atoms with Gasteiger partial charge in [-0.05, 0) is 51.4 Å². The number of aliphatic hydroxyl groups is 1. The molecule has 0 aliphatic heterocycles. The van der Waals surface area contributed by atoms with Crippen LogP contribution < -0.4 is 0 Å². The van der Waals surface area contributed by atoms with Gasteiger partial charge in [0.1, 0.15) is 12.7 Å². The van der Waals surface area contributed by atoms with E-state index in [9.17, 15) is 28.9 Å². The molecule has 0 heterocycles. The number of carbonyl (C=O) groups excluding carboxylic acids is 3. The number of aliphatic hydroxyl groups excluding tert-OH is 1. The van der Waals surface area contributed by atoms with Crippen molar-refractivity contribution in [3.05, 3.63) is 24.3 Å². The van der Waals surface area contributed by atoms with Crippen molar-refractivity contribution in [2.75, 3.05) is 26.4 Å². The summed E-state index contributed by atoms with van der Waals surface area (Å²) in [5.74, 6) is -1.45. The van der Waals surface area contributed by atoms with Crippen LogP contribution in [0.2, 0.25) is 0 Å². The number of ether oxygens (including phenoxy) is 3. The minimum absolute atomic E-state index is 0.172. The first-order chi connectivity index (χ1) is 36.2. The number of phosphoric ester groups is 1. The molecule has 2 N–H and O–H groups in total. The molecule has 0 saturated carbocycles. The van der Waals surface area contributed by atoms with Gasteiger partial charge in [-0.1, -0.05) is 270 Å². The summed E-state index contributed by atoms with van der Waals surface area (Å²) in [6.07, 6.45) is 58.4. The maximum Gasteiger partial charge on any atom is 0.472 e. The SMILES string of the molecule is CCCCC/C=C\C/C=C\CCCCCCCC(=O)OCC(COP(=O)(O)OCC(CO)OC(=O)CCCCCCCCCCCCCCCCC)OC(=O)CCCCCCCCCCCCCCCCCCC. The molecule has 0 aliphatic rings. The Morgan fingerprint density at radius 2 is 0.662 bits per heavy atom. The van der Waals surface area contributed by atoms with Gasteiger partial charge in [0.25, 0.3) is 0 Å². The molecule has 0 rings (SSSR count). The molecular weight excluding hydrogens is 952 g/mol. The van der Waals surface area contributed by atoms with Crippen molar-refractivity contribution in [2.24, 2.45) is 0 Å². The molecular formula is C62H117O11P. The van der Waals surface area contributed by atoms with E-state index < -0.39 is 57.8 Å². The number of rotatable bonds is 59. The lowest BCUT2D eigenvalue weighted by molar-refractivity contribution is -0.161. The third kappa shape index (κ3) is 54.7. The van der Waals surface area contributed by atoms with Crippen LogP contribution in [-0.2, 0) is 42.2 Å². The van der Waals surface area contributed by atoms with E-state index in [2.05, 4.69) is 45.1 Å². The minimum Gasteiger partial charge on any atom is -0.462 e. The van der Waals surface area contributed by atoms with Gasteiger partial charge < -0.3 is 24.2 Å². The highest BCUT2D eigenvalue weighted by Crippen LogP contribution is 2.43. The molecule has 0 bridgehead atoms. The molecule has 0 saturated heterocycles. The molecule has 0 aromatic carbocycles. The Balaban J connectivity index is 4.67. The van der Waals surface area contributed by atoms with Crippen LogP contribution >= 0.6 is 7.82 Å². The van der Waals surface area contributed by atoms with Gasteiger partial charge in [0.05, 0.1) is 19.8 Å². The second kappa shape index (κ2) is 57.1. The van der Waals surface area contributed by atoms with Gasteiger partial charge in [-0.2, -0.15) is 0 Å². The first-order valence-corrected chi connectivity index (χ1v) is 32.7. The summed E-state index contributed by atoms with van der Waals surface area (Å²) < 4.78 is 39.6. The number of esters is 3. The number of hydrogen-bond donors (Lipinski definition) is 2. The first kappa shape index (κ1) is 72.0. The van der Waals surface area contributed by atoms with E-state index in [1.54, 1.807) is 0 Å². The highest BCUT2D eigenvalue weighted by atomic mass is 31.2. The van der Waals surface area contributed by atoms with Gasteiger partial charge in [0.2, 0.25) is 0 Å². The van der Waals surface area contributed by atoms with Crippen molar-refractivity contribution in [3.8, 4) is 0 Å². The van der Waals surface area contributed by atoms with Crippen LogP contribution in [0.4, 0.5) is 0 Å². The summed E-state index contributed by atoms with van der Waals surface area (Å²) in [6.45, 7) is 4.68. The van der Waals surface area contributed by atoms with Gasteiger partial charge in [0, 0.05) is 19.3 Å². The smallest absolute Gasteiger partial charge is 0.462 e. The number of phosphoric acid groups is 1. The summed E-state index contributed by atoms with van der Waals surface area (Å²) >= 11 is 0. The van der Waals surface area contributed by atoms with Crippen LogP contribution in [0.15, 0.2) is 24.3 Å². The lowest BCUT2D eigenvalue weighted by Crippen LogP contribution is -2.30. The van der Waals surface area contributed by atoms with Crippen LogP contribution in [0.5, 0.6) is 0 Å². The Morgan fingerprint density at radius 1 is 0.378 bits per heavy atom. The maximum atomic E-state index is 12.9. The fraction of sp³-hybridized carbons (Fsp3) is 0.887. The van der Waals surface area contributed by atoms with Crippen molar-refractivity contribution >= 4 is 25.7 Å². The van der Waals surface area contributed by atoms with Gasteiger partial charge in [0.15, 0.2) is 6.10 Å². The van der Waals surface area contributed by atoms with Crippen LogP contribution in [-0.4, -0.2) is 66.5 Å². The summed E-state index contributed by atoms with van der Waals surface area (Å²) in [5, 5.41) is 9.83. The Hall–Kier alpha value is -2.04. The average Bonchev–Trinajstić information content (AvgIpc) is 3.39. The zero-order chi connectivity index (χ0) is 54.1. The predicted octanol–water partition coefficient (Wildman–Crippen LogP) is 18.6. The highest BCUT2D eigenvalue weighted by Gasteiger charge is 2.28.